The Morgan fingerprint density at radius 1 is 1.45 bits per heavy atom. The van der Waals surface area contributed by atoms with Crippen LogP contribution in [0, 0.1) is 0 Å². The van der Waals surface area contributed by atoms with Crippen LogP contribution in [0.25, 0.3) is 0 Å². The van der Waals surface area contributed by atoms with Crippen molar-refractivity contribution in [3.8, 4) is 0 Å². The highest BCUT2D eigenvalue weighted by atomic mass is 19.4. The van der Waals surface area contributed by atoms with Gasteiger partial charge in [0, 0.05) is 13.1 Å². The number of aromatic nitrogens is 1. The summed E-state index contributed by atoms with van der Waals surface area (Å²) in [7, 11) is 0. The summed E-state index contributed by atoms with van der Waals surface area (Å²) in [5, 5.41) is 11.6. The number of anilines is 1. The summed E-state index contributed by atoms with van der Waals surface area (Å²) in [6.07, 6.45) is -4.52. The van der Waals surface area contributed by atoms with Gasteiger partial charge in [-0.1, -0.05) is 6.07 Å². The van der Waals surface area contributed by atoms with Crippen LogP contribution in [0.15, 0.2) is 18.2 Å². The lowest BCUT2D eigenvalue weighted by Gasteiger charge is -2.22. The topological polar surface area (TPSA) is 65.5 Å². The lowest BCUT2D eigenvalue weighted by atomic mass is 10.3. The van der Waals surface area contributed by atoms with E-state index in [1.54, 1.807) is 6.07 Å². The SMILES string of the molecule is CCNc1cccc(C(=O)N(CCO)CC(F)(F)F)n1. The minimum Gasteiger partial charge on any atom is -0.395 e. The number of carbonyl (C=O) groups is 1. The third-order valence-corrected chi connectivity index (χ3v) is 2.35. The molecule has 1 aromatic rings. The molecule has 8 heteroatoms. The molecule has 0 aliphatic carbocycles. The van der Waals surface area contributed by atoms with E-state index in [-0.39, 0.29) is 5.69 Å². The predicted molar refractivity (Wildman–Crippen MR) is 67.4 cm³/mol. The molecule has 0 spiro atoms. The summed E-state index contributed by atoms with van der Waals surface area (Å²) in [4.78, 5) is 16.5. The van der Waals surface area contributed by atoms with E-state index in [4.69, 9.17) is 5.11 Å². The normalized spacial score (nSPS) is 11.2. The van der Waals surface area contributed by atoms with Crippen molar-refractivity contribution in [1.29, 1.82) is 0 Å². The summed E-state index contributed by atoms with van der Waals surface area (Å²) >= 11 is 0. The second-order valence-corrected chi connectivity index (χ2v) is 4.00. The first-order chi connectivity index (χ1) is 9.37. The fraction of sp³-hybridized carbons (Fsp3) is 0.500. The molecule has 0 aromatic carbocycles. The molecule has 0 saturated heterocycles. The van der Waals surface area contributed by atoms with Gasteiger partial charge in [0.25, 0.3) is 5.91 Å². The molecule has 20 heavy (non-hydrogen) atoms. The molecule has 1 amide bonds. The lowest BCUT2D eigenvalue weighted by Crippen LogP contribution is -2.41. The molecule has 0 aliphatic heterocycles. The molecule has 0 atom stereocenters. The number of nitrogens with one attached hydrogen (secondary N) is 1. The molecule has 0 fully saturated rings. The largest absolute Gasteiger partial charge is 0.406 e. The second kappa shape index (κ2) is 7.09. The number of halogens is 3. The monoisotopic (exact) mass is 291 g/mol. The number of amides is 1. The highest BCUT2D eigenvalue weighted by Crippen LogP contribution is 2.18. The maximum absolute atomic E-state index is 12.4. The smallest absolute Gasteiger partial charge is 0.395 e. The van der Waals surface area contributed by atoms with E-state index in [9.17, 15) is 18.0 Å². The molecule has 0 unspecified atom stereocenters. The fourth-order valence-corrected chi connectivity index (χ4v) is 1.58. The van der Waals surface area contributed by atoms with Gasteiger partial charge in [-0.15, -0.1) is 0 Å². The average molecular weight is 291 g/mol. The lowest BCUT2D eigenvalue weighted by molar-refractivity contribution is -0.141. The second-order valence-electron chi connectivity index (χ2n) is 4.00. The summed E-state index contributed by atoms with van der Waals surface area (Å²) < 4.78 is 37.2. The maximum atomic E-state index is 12.4. The number of rotatable bonds is 6. The summed E-state index contributed by atoms with van der Waals surface area (Å²) in [6.45, 7) is 0.0468. The van der Waals surface area contributed by atoms with Gasteiger partial charge >= 0.3 is 6.18 Å². The van der Waals surface area contributed by atoms with Crippen LogP contribution in [0.2, 0.25) is 0 Å². The third kappa shape index (κ3) is 5.04. The molecule has 0 saturated carbocycles. The van der Waals surface area contributed by atoms with Gasteiger partial charge in [-0.05, 0) is 19.1 Å². The average Bonchev–Trinajstić information content (AvgIpc) is 2.36. The van der Waals surface area contributed by atoms with Crippen molar-refractivity contribution in [3.63, 3.8) is 0 Å². The van der Waals surface area contributed by atoms with Crippen molar-refractivity contribution in [1.82, 2.24) is 9.88 Å². The Balaban J connectivity index is 2.91. The Hall–Kier alpha value is -1.83. The number of carbonyl (C=O) groups excluding carboxylic acids is 1. The van der Waals surface area contributed by atoms with Gasteiger partial charge in [-0.2, -0.15) is 13.2 Å². The standard InChI is InChI=1S/C12H16F3N3O2/c1-2-16-10-5-3-4-9(17-10)11(20)18(6-7-19)8-12(13,14)15/h3-5,19H,2,6-8H2,1H3,(H,16,17). The highest BCUT2D eigenvalue weighted by Gasteiger charge is 2.33. The quantitative estimate of drug-likeness (QED) is 0.834. The van der Waals surface area contributed by atoms with E-state index in [0.29, 0.717) is 17.3 Å². The summed E-state index contributed by atoms with van der Waals surface area (Å²) in [5.74, 6) is -0.453. The van der Waals surface area contributed by atoms with Gasteiger partial charge in [0.2, 0.25) is 0 Å². The Morgan fingerprint density at radius 3 is 2.70 bits per heavy atom. The molecule has 112 valence electrons. The molecular formula is C12H16F3N3O2. The summed E-state index contributed by atoms with van der Waals surface area (Å²) in [6, 6.07) is 4.48. The zero-order valence-corrected chi connectivity index (χ0v) is 10.9. The van der Waals surface area contributed by atoms with Crippen LogP contribution in [-0.2, 0) is 0 Å². The van der Waals surface area contributed by atoms with Crippen LogP contribution in [0.3, 0.4) is 0 Å². The van der Waals surface area contributed by atoms with Crippen molar-refractivity contribution in [2.45, 2.75) is 13.1 Å². The molecule has 2 N–H and O–H groups in total. The number of pyridine rings is 1. The van der Waals surface area contributed by atoms with E-state index < -0.39 is 31.8 Å². The van der Waals surface area contributed by atoms with Gasteiger partial charge in [-0.25, -0.2) is 4.98 Å². The molecule has 5 nitrogen and oxygen atoms in total. The summed E-state index contributed by atoms with van der Waals surface area (Å²) in [5.41, 5.74) is -0.0962. The van der Waals surface area contributed by atoms with Crippen LogP contribution in [0.1, 0.15) is 17.4 Å². The maximum Gasteiger partial charge on any atom is 0.406 e. The molecule has 1 heterocycles. The zero-order valence-electron chi connectivity index (χ0n) is 10.9. The molecule has 0 bridgehead atoms. The Bertz CT molecular complexity index is 452. The van der Waals surface area contributed by atoms with E-state index in [2.05, 4.69) is 10.3 Å². The van der Waals surface area contributed by atoms with Crippen molar-refractivity contribution >= 4 is 11.7 Å². The minimum atomic E-state index is -4.52. The molecule has 0 radical (unpaired) electrons. The van der Waals surface area contributed by atoms with E-state index in [1.165, 1.54) is 12.1 Å². The van der Waals surface area contributed by atoms with Crippen molar-refractivity contribution in [3.05, 3.63) is 23.9 Å². The van der Waals surface area contributed by atoms with Crippen LogP contribution in [0.5, 0.6) is 0 Å². The number of aliphatic hydroxyl groups is 1. The predicted octanol–water partition coefficient (Wildman–Crippen LogP) is 1.51. The van der Waals surface area contributed by atoms with Crippen molar-refractivity contribution in [2.75, 3.05) is 31.6 Å². The van der Waals surface area contributed by atoms with Crippen LogP contribution in [-0.4, -0.2) is 53.3 Å². The van der Waals surface area contributed by atoms with E-state index in [1.807, 2.05) is 6.92 Å². The first kappa shape index (κ1) is 16.2. The Labute approximate surface area is 114 Å². The van der Waals surface area contributed by atoms with Gasteiger partial charge in [0.05, 0.1) is 6.61 Å². The van der Waals surface area contributed by atoms with E-state index >= 15 is 0 Å². The Kier molecular flexibility index (Phi) is 5.75. The van der Waals surface area contributed by atoms with Crippen molar-refractivity contribution in [2.24, 2.45) is 0 Å². The van der Waals surface area contributed by atoms with Crippen LogP contribution in [0.4, 0.5) is 19.0 Å². The molecular weight excluding hydrogens is 275 g/mol. The number of hydrogen-bond donors (Lipinski definition) is 2. The fourth-order valence-electron chi connectivity index (χ4n) is 1.58. The number of hydrogen-bond acceptors (Lipinski definition) is 4. The molecule has 1 rings (SSSR count). The first-order valence-corrected chi connectivity index (χ1v) is 6.05. The van der Waals surface area contributed by atoms with Crippen LogP contribution >= 0.6 is 0 Å². The van der Waals surface area contributed by atoms with Gasteiger partial charge in [0.15, 0.2) is 0 Å². The number of alkyl halides is 3. The highest BCUT2D eigenvalue weighted by molar-refractivity contribution is 5.92. The number of aliphatic hydroxyl groups excluding tert-OH is 1. The van der Waals surface area contributed by atoms with Gasteiger partial charge < -0.3 is 15.3 Å². The Morgan fingerprint density at radius 2 is 2.15 bits per heavy atom. The zero-order chi connectivity index (χ0) is 15.2. The van der Waals surface area contributed by atoms with E-state index in [0.717, 1.165) is 0 Å². The van der Waals surface area contributed by atoms with Gasteiger partial charge in [-0.3, -0.25) is 4.79 Å². The first-order valence-electron chi connectivity index (χ1n) is 6.05. The minimum absolute atomic E-state index is 0.0962. The number of nitrogens with zero attached hydrogens (tertiary/aromatic N) is 2. The molecule has 0 aliphatic rings. The third-order valence-electron chi connectivity index (χ3n) is 2.35. The molecule has 1 aromatic heterocycles. The van der Waals surface area contributed by atoms with Crippen molar-refractivity contribution < 1.29 is 23.1 Å². The van der Waals surface area contributed by atoms with Gasteiger partial charge in [0.1, 0.15) is 18.1 Å². The van der Waals surface area contributed by atoms with Crippen LogP contribution < -0.4 is 5.32 Å².